The second-order valence-electron chi connectivity index (χ2n) is 5.44. The normalized spacial score (nSPS) is 12.6. The van der Waals surface area contributed by atoms with Crippen molar-refractivity contribution in [3.05, 3.63) is 65.2 Å². The van der Waals surface area contributed by atoms with Crippen molar-refractivity contribution >= 4 is 5.91 Å². The van der Waals surface area contributed by atoms with E-state index >= 15 is 0 Å². The predicted molar refractivity (Wildman–Crippen MR) is 84.9 cm³/mol. The quantitative estimate of drug-likeness (QED) is 0.819. The largest absolute Gasteiger partial charge is 0.497 e. The molecule has 2 rings (SSSR count). The first-order valence-electron chi connectivity index (χ1n) is 7.32. The van der Waals surface area contributed by atoms with Gasteiger partial charge in [0.05, 0.1) is 18.7 Å². The Bertz CT molecular complexity index is 694. The number of methoxy groups -OCH3 is 1. The molecule has 2 aromatic carbocycles. The fourth-order valence-corrected chi connectivity index (χ4v) is 2.29. The summed E-state index contributed by atoms with van der Waals surface area (Å²) in [4.78, 5) is 14.0. The van der Waals surface area contributed by atoms with E-state index in [1.807, 2.05) is 19.1 Å². The third-order valence-corrected chi connectivity index (χ3v) is 3.96. The molecular formula is C18H18F3NO2. The molecule has 0 saturated heterocycles. The highest BCUT2D eigenvalue weighted by Crippen LogP contribution is 2.29. The molecule has 1 atom stereocenters. The Morgan fingerprint density at radius 1 is 1.04 bits per heavy atom. The van der Waals surface area contributed by atoms with Gasteiger partial charge in [0.1, 0.15) is 5.75 Å². The lowest BCUT2D eigenvalue weighted by Crippen LogP contribution is -2.29. The maximum atomic E-state index is 12.6. The number of ether oxygens (including phenoxy) is 1. The van der Waals surface area contributed by atoms with Crippen molar-refractivity contribution in [1.82, 2.24) is 4.90 Å². The zero-order chi connectivity index (χ0) is 17.9. The number of halogens is 3. The van der Waals surface area contributed by atoms with Crippen molar-refractivity contribution in [2.24, 2.45) is 0 Å². The van der Waals surface area contributed by atoms with Crippen LogP contribution in [0.25, 0.3) is 0 Å². The van der Waals surface area contributed by atoms with E-state index in [9.17, 15) is 18.0 Å². The Balaban J connectivity index is 2.15. The maximum absolute atomic E-state index is 12.6. The summed E-state index contributed by atoms with van der Waals surface area (Å²) in [7, 11) is 3.19. The lowest BCUT2D eigenvalue weighted by Gasteiger charge is -2.25. The number of carbonyl (C=O) groups is 1. The lowest BCUT2D eigenvalue weighted by atomic mass is 10.1. The zero-order valence-corrected chi connectivity index (χ0v) is 13.6. The smallest absolute Gasteiger partial charge is 0.416 e. The van der Waals surface area contributed by atoms with Crippen LogP contribution in [0.4, 0.5) is 13.2 Å². The summed E-state index contributed by atoms with van der Waals surface area (Å²) < 4.78 is 42.8. The Kier molecular flexibility index (Phi) is 5.17. The summed E-state index contributed by atoms with van der Waals surface area (Å²) in [5.74, 6) is 0.370. The SMILES string of the molecule is COc1ccc(C(C)N(C)C(=O)c2ccc(C(F)(F)F)cc2)cc1. The average Bonchev–Trinajstić information content (AvgIpc) is 2.59. The van der Waals surface area contributed by atoms with Crippen molar-refractivity contribution in [2.45, 2.75) is 19.1 Å². The van der Waals surface area contributed by atoms with Crippen molar-refractivity contribution in [1.29, 1.82) is 0 Å². The molecule has 0 radical (unpaired) electrons. The van der Waals surface area contributed by atoms with E-state index < -0.39 is 11.7 Å². The van der Waals surface area contributed by atoms with Crippen LogP contribution in [0.3, 0.4) is 0 Å². The molecular weight excluding hydrogens is 319 g/mol. The van der Waals surface area contributed by atoms with Gasteiger partial charge in [0.2, 0.25) is 0 Å². The molecule has 0 N–H and O–H groups in total. The molecule has 2 aromatic rings. The number of hydrogen-bond acceptors (Lipinski definition) is 2. The average molecular weight is 337 g/mol. The van der Waals surface area contributed by atoms with Gasteiger partial charge < -0.3 is 9.64 Å². The highest BCUT2D eigenvalue weighted by Gasteiger charge is 2.30. The van der Waals surface area contributed by atoms with Gasteiger partial charge in [0.25, 0.3) is 5.91 Å². The highest BCUT2D eigenvalue weighted by molar-refractivity contribution is 5.94. The van der Waals surface area contributed by atoms with Gasteiger partial charge in [-0.3, -0.25) is 4.79 Å². The standard InChI is InChI=1S/C18H18F3NO2/c1-12(13-6-10-16(24-3)11-7-13)22(2)17(23)14-4-8-15(9-5-14)18(19,20)21/h4-12H,1-3H3. The zero-order valence-electron chi connectivity index (χ0n) is 13.6. The summed E-state index contributed by atoms with van der Waals surface area (Å²) in [6, 6.07) is 11.3. The van der Waals surface area contributed by atoms with E-state index in [-0.39, 0.29) is 17.5 Å². The molecule has 6 heteroatoms. The van der Waals surface area contributed by atoms with Crippen LogP contribution < -0.4 is 4.74 Å². The molecule has 0 aliphatic heterocycles. The van der Waals surface area contributed by atoms with Crippen LogP contribution in [-0.4, -0.2) is 25.0 Å². The van der Waals surface area contributed by atoms with E-state index in [0.717, 1.165) is 17.7 Å². The molecule has 0 bridgehead atoms. The number of rotatable bonds is 4. The van der Waals surface area contributed by atoms with Gasteiger partial charge in [0.15, 0.2) is 0 Å². The van der Waals surface area contributed by atoms with Crippen molar-refractivity contribution in [2.75, 3.05) is 14.2 Å². The van der Waals surface area contributed by atoms with Crippen LogP contribution in [0.5, 0.6) is 5.75 Å². The van der Waals surface area contributed by atoms with Crippen LogP contribution in [-0.2, 0) is 6.18 Å². The van der Waals surface area contributed by atoms with Crippen molar-refractivity contribution in [3.8, 4) is 5.75 Å². The second-order valence-corrected chi connectivity index (χ2v) is 5.44. The number of amides is 1. The fourth-order valence-electron chi connectivity index (χ4n) is 2.29. The van der Waals surface area contributed by atoms with Crippen molar-refractivity contribution in [3.63, 3.8) is 0 Å². The first-order valence-corrected chi connectivity index (χ1v) is 7.32. The second kappa shape index (κ2) is 6.95. The third-order valence-electron chi connectivity index (χ3n) is 3.96. The van der Waals surface area contributed by atoms with Gasteiger partial charge in [-0.2, -0.15) is 13.2 Å². The minimum atomic E-state index is -4.41. The molecule has 0 spiro atoms. The molecule has 1 unspecified atom stereocenters. The minimum absolute atomic E-state index is 0.214. The van der Waals surface area contributed by atoms with Crippen LogP contribution in [0.15, 0.2) is 48.5 Å². The minimum Gasteiger partial charge on any atom is -0.497 e. The highest BCUT2D eigenvalue weighted by atomic mass is 19.4. The predicted octanol–water partition coefficient (Wildman–Crippen LogP) is 4.55. The molecule has 0 saturated carbocycles. The molecule has 128 valence electrons. The van der Waals surface area contributed by atoms with Gasteiger partial charge in [-0.05, 0) is 48.9 Å². The fraction of sp³-hybridized carbons (Fsp3) is 0.278. The van der Waals surface area contributed by atoms with Gasteiger partial charge in [-0.25, -0.2) is 0 Å². The first-order chi connectivity index (χ1) is 11.2. The molecule has 1 amide bonds. The Labute approximate surface area is 138 Å². The molecule has 24 heavy (non-hydrogen) atoms. The molecule has 0 fully saturated rings. The maximum Gasteiger partial charge on any atom is 0.416 e. The lowest BCUT2D eigenvalue weighted by molar-refractivity contribution is -0.137. The number of nitrogens with zero attached hydrogens (tertiary/aromatic N) is 1. The Hall–Kier alpha value is -2.50. The molecule has 3 nitrogen and oxygen atoms in total. The number of hydrogen-bond donors (Lipinski definition) is 0. The Morgan fingerprint density at radius 2 is 1.58 bits per heavy atom. The number of benzene rings is 2. The van der Waals surface area contributed by atoms with Gasteiger partial charge >= 0.3 is 6.18 Å². The van der Waals surface area contributed by atoms with Crippen LogP contribution in [0.1, 0.15) is 34.5 Å². The molecule has 0 aliphatic carbocycles. The monoisotopic (exact) mass is 337 g/mol. The van der Waals surface area contributed by atoms with Gasteiger partial charge in [0, 0.05) is 12.6 Å². The molecule has 0 aromatic heterocycles. The van der Waals surface area contributed by atoms with Gasteiger partial charge in [-0.15, -0.1) is 0 Å². The number of carbonyl (C=O) groups excluding carboxylic acids is 1. The van der Waals surface area contributed by atoms with Crippen LogP contribution >= 0.6 is 0 Å². The van der Waals surface area contributed by atoms with E-state index in [1.165, 1.54) is 17.0 Å². The summed E-state index contributed by atoms with van der Waals surface area (Å²) in [6.45, 7) is 1.85. The molecule has 0 heterocycles. The Morgan fingerprint density at radius 3 is 2.04 bits per heavy atom. The first kappa shape index (κ1) is 17.8. The molecule has 0 aliphatic rings. The van der Waals surface area contributed by atoms with Crippen molar-refractivity contribution < 1.29 is 22.7 Å². The third kappa shape index (κ3) is 3.88. The topological polar surface area (TPSA) is 29.5 Å². The van der Waals surface area contributed by atoms with E-state index in [0.29, 0.717) is 5.75 Å². The van der Waals surface area contributed by atoms with E-state index in [1.54, 1.807) is 26.3 Å². The summed E-state index contributed by atoms with van der Waals surface area (Å²) >= 11 is 0. The summed E-state index contributed by atoms with van der Waals surface area (Å²) in [6.07, 6.45) is -4.41. The van der Waals surface area contributed by atoms with Crippen LogP contribution in [0, 0.1) is 0 Å². The van der Waals surface area contributed by atoms with Gasteiger partial charge in [-0.1, -0.05) is 12.1 Å². The number of alkyl halides is 3. The van der Waals surface area contributed by atoms with E-state index in [4.69, 9.17) is 4.74 Å². The van der Waals surface area contributed by atoms with Crippen LogP contribution in [0.2, 0.25) is 0 Å². The summed E-state index contributed by atoms with van der Waals surface area (Å²) in [5, 5.41) is 0. The van der Waals surface area contributed by atoms with E-state index in [2.05, 4.69) is 0 Å². The summed E-state index contributed by atoms with van der Waals surface area (Å²) in [5.41, 5.74) is 0.342.